The average molecular weight is 329 g/mol. The van der Waals surface area contributed by atoms with E-state index in [-0.39, 0.29) is 13.2 Å². The van der Waals surface area contributed by atoms with E-state index in [1.54, 1.807) is 29.9 Å². The Morgan fingerprint density at radius 1 is 1.24 bits per heavy atom. The molecule has 0 bridgehead atoms. The maximum Gasteiger partial charge on any atom is 0.130 e. The molecule has 0 aliphatic heterocycles. The Hall–Kier alpha value is -1.07. The molecule has 2 N–H and O–H groups in total. The second kappa shape index (κ2) is 6.36. The molecule has 2 aromatic rings. The van der Waals surface area contributed by atoms with Gasteiger partial charge in [-0.15, -0.1) is 0 Å². The van der Waals surface area contributed by atoms with Crippen LogP contribution in [0.5, 0.6) is 0 Å². The minimum Gasteiger partial charge on any atom is -0.395 e. The van der Waals surface area contributed by atoms with Crippen LogP contribution in [0.15, 0.2) is 24.3 Å². The molecule has 2 rings (SSSR count). The first-order valence-electron chi connectivity index (χ1n) is 6.59. The molecule has 4 nitrogen and oxygen atoms in total. The van der Waals surface area contributed by atoms with E-state index in [1.165, 1.54) is 0 Å². The third-order valence-corrected chi connectivity index (χ3v) is 4.54. The van der Waals surface area contributed by atoms with E-state index < -0.39 is 5.41 Å². The van der Waals surface area contributed by atoms with E-state index in [9.17, 15) is 10.2 Å². The first kappa shape index (κ1) is 16.3. The summed E-state index contributed by atoms with van der Waals surface area (Å²) in [6.07, 6.45) is 0.388. The Labute approximate surface area is 133 Å². The molecule has 0 amide bonds. The molecule has 0 saturated heterocycles. The molecule has 1 heterocycles. The molecular weight excluding hydrogens is 311 g/mol. The van der Waals surface area contributed by atoms with Crippen molar-refractivity contribution < 1.29 is 10.2 Å². The van der Waals surface area contributed by atoms with Crippen molar-refractivity contribution in [1.82, 2.24) is 9.78 Å². The van der Waals surface area contributed by atoms with Crippen LogP contribution in [0.2, 0.25) is 10.2 Å². The number of halogens is 2. The van der Waals surface area contributed by atoms with Crippen molar-refractivity contribution in [3.05, 3.63) is 51.3 Å². The zero-order valence-electron chi connectivity index (χ0n) is 12.0. The summed E-state index contributed by atoms with van der Waals surface area (Å²) in [5, 5.41) is 25.1. The topological polar surface area (TPSA) is 58.3 Å². The van der Waals surface area contributed by atoms with Crippen molar-refractivity contribution in [2.24, 2.45) is 7.05 Å². The van der Waals surface area contributed by atoms with Crippen molar-refractivity contribution in [3.63, 3.8) is 0 Å². The van der Waals surface area contributed by atoms with E-state index in [0.717, 1.165) is 16.8 Å². The zero-order valence-corrected chi connectivity index (χ0v) is 13.5. The van der Waals surface area contributed by atoms with Gasteiger partial charge in [0, 0.05) is 23.0 Å². The van der Waals surface area contributed by atoms with Crippen molar-refractivity contribution in [2.45, 2.75) is 18.8 Å². The van der Waals surface area contributed by atoms with Gasteiger partial charge in [0.1, 0.15) is 5.15 Å². The molecule has 1 aromatic carbocycles. The van der Waals surface area contributed by atoms with E-state index in [1.807, 2.05) is 13.0 Å². The molecule has 0 fully saturated rings. The van der Waals surface area contributed by atoms with Crippen LogP contribution in [-0.2, 0) is 18.9 Å². The summed E-state index contributed by atoms with van der Waals surface area (Å²) in [7, 11) is 1.76. The van der Waals surface area contributed by atoms with Gasteiger partial charge in [-0.25, -0.2) is 0 Å². The summed E-state index contributed by atoms with van der Waals surface area (Å²) in [5.74, 6) is 0. The largest absolute Gasteiger partial charge is 0.395 e. The first-order chi connectivity index (χ1) is 9.93. The van der Waals surface area contributed by atoms with Crippen LogP contribution in [-0.4, -0.2) is 33.2 Å². The third-order valence-electron chi connectivity index (χ3n) is 3.83. The first-order valence-corrected chi connectivity index (χ1v) is 7.35. The summed E-state index contributed by atoms with van der Waals surface area (Å²) in [6.45, 7) is 1.43. The smallest absolute Gasteiger partial charge is 0.130 e. The standard InChI is InChI=1S/C15H18Cl2N2O2/c1-10-13(14(17)19(2)18-10)7-15(8-20,9-21)11-4-3-5-12(16)6-11/h3-6,20-21H,7-9H2,1-2H3. The maximum absolute atomic E-state index is 9.90. The van der Waals surface area contributed by atoms with Crippen LogP contribution in [0, 0.1) is 6.92 Å². The summed E-state index contributed by atoms with van der Waals surface area (Å²) >= 11 is 12.3. The molecule has 0 aliphatic rings. The summed E-state index contributed by atoms with van der Waals surface area (Å²) < 4.78 is 1.59. The highest BCUT2D eigenvalue weighted by Gasteiger charge is 2.34. The number of rotatable bonds is 5. The number of hydrogen-bond donors (Lipinski definition) is 2. The highest BCUT2D eigenvalue weighted by Crippen LogP contribution is 2.33. The lowest BCUT2D eigenvalue weighted by Crippen LogP contribution is -2.37. The lowest BCUT2D eigenvalue weighted by atomic mass is 9.77. The predicted molar refractivity (Wildman–Crippen MR) is 84.0 cm³/mol. The van der Waals surface area contributed by atoms with Crippen molar-refractivity contribution in [2.75, 3.05) is 13.2 Å². The Balaban J connectivity index is 2.48. The Morgan fingerprint density at radius 3 is 2.38 bits per heavy atom. The number of benzene rings is 1. The van der Waals surface area contributed by atoms with Crippen molar-refractivity contribution in [1.29, 1.82) is 0 Å². The lowest BCUT2D eigenvalue weighted by molar-refractivity contribution is 0.116. The van der Waals surface area contributed by atoms with E-state index in [4.69, 9.17) is 23.2 Å². The van der Waals surface area contributed by atoms with Crippen molar-refractivity contribution >= 4 is 23.2 Å². The minimum atomic E-state index is -0.845. The highest BCUT2D eigenvalue weighted by atomic mass is 35.5. The molecule has 6 heteroatoms. The molecule has 0 atom stereocenters. The second-order valence-electron chi connectivity index (χ2n) is 5.26. The monoisotopic (exact) mass is 328 g/mol. The van der Waals surface area contributed by atoms with Crippen molar-refractivity contribution in [3.8, 4) is 0 Å². The lowest BCUT2D eigenvalue weighted by Gasteiger charge is -2.30. The van der Waals surface area contributed by atoms with Gasteiger partial charge in [-0.2, -0.15) is 5.10 Å². The fraction of sp³-hybridized carbons (Fsp3) is 0.400. The summed E-state index contributed by atoms with van der Waals surface area (Å²) in [6, 6.07) is 7.16. The van der Waals surface area contributed by atoms with Gasteiger partial charge < -0.3 is 10.2 Å². The van der Waals surface area contributed by atoms with Gasteiger partial charge in [-0.3, -0.25) is 4.68 Å². The number of aryl methyl sites for hydroxylation is 2. The van der Waals surface area contributed by atoms with Gasteiger partial charge in [0.2, 0.25) is 0 Å². The van der Waals surface area contributed by atoms with E-state index >= 15 is 0 Å². The Kier molecular flexibility index (Phi) is 4.94. The molecule has 114 valence electrons. The summed E-state index contributed by atoms with van der Waals surface area (Å²) in [4.78, 5) is 0. The number of aliphatic hydroxyl groups is 2. The second-order valence-corrected chi connectivity index (χ2v) is 6.06. The number of aliphatic hydroxyl groups excluding tert-OH is 2. The van der Waals surface area contributed by atoms with Gasteiger partial charge >= 0.3 is 0 Å². The van der Waals surface area contributed by atoms with Crippen LogP contribution in [0.4, 0.5) is 0 Å². The van der Waals surface area contributed by atoms with Gasteiger partial charge in [0.05, 0.1) is 18.9 Å². The number of nitrogens with zero attached hydrogens (tertiary/aromatic N) is 2. The average Bonchev–Trinajstić information content (AvgIpc) is 2.70. The van der Waals surface area contributed by atoms with Gasteiger partial charge in [-0.1, -0.05) is 35.3 Å². The molecule has 0 saturated carbocycles. The van der Waals surface area contributed by atoms with Crippen LogP contribution >= 0.6 is 23.2 Å². The van der Waals surface area contributed by atoms with E-state index in [0.29, 0.717) is 16.6 Å². The Morgan fingerprint density at radius 2 is 1.90 bits per heavy atom. The van der Waals surface area contributed by atoms with Gasteiger partial charge in [0.25, 0.3) is 0 Å². The molecule has 0 spiro atoms. The molecule has 1 aromatic heterocycles. The van der Waals surface area contributed by atoms with Crippen LogP contribution in [0.1, 0.15) is 16.8 Å². The maximum atomic E-state index is 9.90. The van der Waals surface area contributed by atoms with Crippen LogP contribution < -0.4 is 0 Å². The molecule has 0 aliphatic carbocycles. The fourth-order valence-electron chi connectivity index (χ4n) is 2.48. The van der Waals surface area contributed by atoms with Crippen LogP contribution in [0.3, 0.4) is 0 Å². The quantitative estimate of drug-likeness (QED) is 0.886. The summed E-state index contributed by atoms with van der Waals surface area (Å²) in [5.41, 5.74) is 1.54. The SMILES string of the molecule is Cc1nn(C)c(Cl)c1CC(CO)(CO)c1cccc(Cl)c1. The number of hydrogen-bond acceptors (Lipinski definition) is 3. The van der Waals surface area contributed by atoms with Gasteiger partial charge in [0.15, 0.2) is 0 Å². The Bertz CT molecular complexity index is 637. The predicted octanol–water partition coefficient (Wildman–Crippen LogP) is 2.50. The molecule has 0 radical (unpaired) electrons. The fourth-order valence-corrected chi connectivity index (χ4v) is 2.91. The van der Waals surface area contributed by atoms with Gasteiger partial charge in [-0.05, 0) is 31.0 Å². The minimum absolute atomic E-state index is 0.214. The van der Waals surface area contributed by atoms with E-state index in [2.05, 4.69) is 5.10 Å². The molecule has 0 unspecified atom stereocenters. The molecule has 21 heavy (non-hydrogen) atoms. The highest BCUT2D eigenvalue weighted by molar-refractivity contribution is 6.30. The van der Waals surface area contributed by atoms with Crippen LogP contribution in [0.25, 0.3) is 0 Å². The zero-order chi connectivity index (χ0) is 15.6. The third kappa shape index (κ3) is 3.09. The number of aromatic nitrogens is 2. The normalized spacial score (nSPS) is 11.9. The molecular formula is C15H18Cl2N2O2.